The minimum atomic E-state index is -4.40. The molecule has 2 rings (SSSR count). The highest BCUT2D eigenvalue weighted by molar-refractivity contribution is 5.78. The van der Waals surface area contributed by atoms with Gasteiger partial charge in [-0.1, -0.05) is 5.16 Å². The topological polar surface area (TPSA) is 66.4 Å². The zero-order valence-corrected chi connectivity index (χ0v) is 16.0. The van der Waals surface area contributed by atoms with Crippen LogP contribution in [-0.4, -0.2) is 24.6 Å². The summed E-state index contributed by atoms with van der Waals surface area (Å²) in [6.07, 6.45) is -5.28. The van der Waals surface area contributed by atoms with E-state index in [9.17, 15) is 18.0 Å². The van der Waals surface area contributed by atoms with Gasteiger partial charge in [0.2, 0.25) is 0 Å². The number of esters is 1. The van der Waals surface area contributed by atoms with Gasteiger partial charge in [0.15, 0.2) is 6.10 Å². The van der Waals surface area contributed by atoms with Gasteiger partial charge in [0.25, 0.3) is 6.79 Å². The summed E-state index contributed by atoms with van der Waals surface area (Å²) in [5, 5.41) is 3.63. The molecule has 156 valence electrons. The fourth-order valence-corrected chi connectivity index (χ4v) is 2.04. The van der Waals surface area contributed by atoms with Crippen LogP contribution in [0.15, 0.2) is 53.7 Å². The maximum Gasteiger partial charge on any atom is 0.416 e. The second-order valence-electron chi connectivity index (χ2n) is 6.10. The molecule has 0 saturated heterocycles. The molecule has 0 spiro atoms. The standard InChI is InChI=1S/C20H20F3NO5/c1-13(2)24-27-12-26-19(25)14(3)28-16-8-10-18(11-9-16)29-17-6-4-15(5-7-17)20(21,22)23/h4-11,14H,12H2,1-3H3. The molecule has 1 atom stereocenters. The SMILES string of the molecule is CC(C)=NOCOC(=O)C(C)Oc1ccc(Oc2ccc(C(F)(F)F)cc2)cc1. The van der Waals surface area contributed by atoms with E-state index in [-0.39, 0.29) is 12.5 Å². The zero-order valence-electron chi connectivity index (χ0n) is 16.0. The highest BCUT2D eigenvalue weighted by Gasteiger charge is 2.30. The first-order valence-corrected chi connectivity index (χ1v) is 8.57. The number of rotatable bonds is 8. The molecule has 2 aromatic carbocycles. The summed E-state index contributed by atoms with van der Waals surface area (Å²) in [6, 6.07) is 10.6. The Morgan fingerprint density at radius 2 is 1.48 bits per heavy atom. The number of alkyl halides is 3. The Kier molecular flexibility index (Phi) is 7.46. The number of carbonyl (C=O) groups excluding carboxylic acids is 1. The second kappa shape index (κ2) is 9.81. The average Bonchev–Trinajstić information content (AvgIpc) is 2.66. The van der Waals surface area contributed by atoms with E-state index in [1.54, 1.807) is 38.1 Å². The van der Waals surface area contributed by atoms with Crippen LogP contribution < -0.4 is 9.47 Å². The number of hydrogen-bond acceptors (Lipinski definition) is 6. The summed E-state index contributed by atoms with van der Waals surface area (Å²) in [4.78, 5) is 16.6. The van der Waals surface area contributed by atoms with Crippen LogP contribution in [0.3, 0.4) is 0 Å². The number of oxime groups is 1. The fraction of sp³-hybridized carbons (Fsp3) is 0.300. The van der Waals surface area contributed by atoms with Crippen molar-refractivity contribution >= 4 is 11.7 Å². The summed E-state index contributed by atoms with van der Waals surface area (Å²) in [5.74, 6) is 0.415. The van der Waals surface area contributed by atoms with Crippen molar-refractivity contribution in [2.45, 2.75) is 33.1 Å². The molecule has 6 nitrogen and oxygen atoms in total. The molecule has 0 fully saturated rings. The third-order valence-electron chi connectivity index (χ3n) is 3.39. The second-order valence-corrected chi connectivity index (χ2v) is 6.10. The Morgan fingerprint density at radius 1 is 0.966 bits per heavy atom. The zero-order chi connectivity index (χ0) is 21.4. The summed E-state index contributed by atoms with van der Waals surface area (Å²) in [5.41, 5.74) is -0.0690. The number of ether oxygens (including phenoxy) is 3. The van der Waals surface area contributed by atoms with Crippen LogP contribution >= 0.6 is 0 Å². The van der Waals surface area contributed by atoms with Gasteiger partial charge in [-0.05, 0) is 69.3 Å². The van der Waals surface area contributed by atoms with Crippen molar-refractivity contribution in [2.75, 3.05) is 6.79 Å². The molecule has 0 N–H and O–H groups in total. The Morgan fingerprint density at radius 3 is 2.00 bits per heavy atom. The van der Waals surface area contributed by atoms with E-state index in [1.165, 1.54) is 19.1 Å². The van der Waals surface area contributed by atoms with Crippen LogP contribution in [0.2, 0.25) is 0 Å². The number of hydrogen-bond donors (Lipinski definition) is 0. The van der Waals surface area contributed by atoms with E-state index in [2.05, 4.69) is 5.16 Å². The van der Waals surface area contributed by atoms with Crippen LogP contribution in [0.4, 0.5) is 13.2 Å². The van der Waals surface area contributed by atoms with Gasteiger partial charge in [0.1, 0.15) is 17.2 Å². The molecular weight excluding hydrogens is 391 g/mol. The molecule has 0 amide bonds. The molecule has 0 bridgehead atoms. The van der Waals surface area contributed by atoms with Gasteiger partial charge >= 0.3 is 12.1 Å². The quantitative estimate of drug-likeness (QED) is 0.197. The maximum atomic E-state index is 12.6. The number of halogens is 3. The lowest BCUT2D eigenvalue weighted by molar-refractivity contribution is -0.163. The molecule has 0 aromatic heterocycles. The van der Waals surface area contributed by atoms with Crippen LogP contribution in [-0.2, 0) is 20.5 Å². The Balaban J connectivity index is 1.86. The van der Waals surface area contributed by atoms with Crippen molar-refractivity contribution in [3.05, 3.63) is 54.1 Å². The van der Waals surface area contributed by atoms with Gasteiger partial charge in [-0.15, -0.1) is 0 Å². The summed E-state index contributed by atoms with van der Waals surface area (Å²) in [6.45, 7) is 4.66. The van der Waals surface area contributed by atoms with Crippen molar-refractivity contribution in [3.63, 3.8) is 0 Å². The first-order chi connectivity index (χ1) is 13.6. The van der Waals surface area contributed by atoms with Gasteiger partial charge in [0, 0.05) is 0 Å². The van der Waals surface area contributed by atoms with E-state index < -0.39 is 23.8 Å². The van der Waals surface area contributed by atoms with Gasteiger partial charge in [-0.3, -0.25) is 0 Å². The number of benzene rings is 2. The summed E-state index contributed by atoms with van der Waals surface area (Å²) >= 11 is 0. The highest BCUT2D eigenvalue weighted by Crippen LogP contribution is 2.31. The molecule has 0 aliphatic rings. The molecule has 0 heterocycles. The van der Waals surface area contributed by atoms with Crippen LogP contribution in [0, 0.1) is 0 Å². The lowest BCUT2D eigenvalue weighted by atomic mass is 10.2. The fourth-order valence-electron chi connectivity index (χ4n) is 2.04. The van der Waals surface area contributed by atoms with Gasteiger partial charge in [0.05, 0.1) is 11.3 Å². The predicted molar refractivity (Wildman–Crippen MR) is 98.9 cm³/mol. The molecular formula is C20H20F3NO5. The summed E-state index contributed by atoms with van der Waals surface area (Å²) < 4.78 is 53.5. The highest BCUT2D eigenvalue weighted by atomic mass is 19.4. The number of carbonyl (C=O) groups is 1. The predicted octanol–water partition coefficient (Wildman–Crippen LogP) is 5.18. The minimum absolute atomic E-state index is 0.258. The maximum absolute atomic E-state index is 12.6. The molecule has 0 aliphatic heterocycles. The van der Waals surface area contributed by atoms with Crippen molar-refractivity contribution in [2.24, 2.45) is 5.16 Å². The average molecular weight is 411 g/mol. The van der Waals surface area contributed by atoms with Crippen LogP contribution in [0.1, 0.15) is 26.3 Å². The Labute approximate surface area is 165 Å². The van der Waals surface area contributed by atoms with E-state index >= 15 is 0 Å². The largest absolute Gasteiger partial charge is 0.479 e. The van der Waals surface area contributed by atoms with Crippen molar-refractivity contribution in [3.8, 4) is 17.2 Å². The molecule has 0 radical (unpaired) electrons. The van der Waals surface area contributed by atoms with Gasteiger partial charge in [-0.2, -0.15) is 13.2 Å². The molecule has 1 unspecified atom stereocenters. The first kappa shape index (κ1) is 22.1. The van der Waals surface area contributed by atoms with Gasteiger partial charge < -0.3 is 19.0 Å². The van der Waals surface area contributed by atoms with E-state index in [0.717, 1.165) is 12.1 Å². The third-order valence-corrected chi connectivity index (χ3v) is 3.39. The smallest absolute Gasteiger partial charge is 0.416 e. The molecule has 0 saturated carbocycles. The monoisotopic (exact) mass is 411 g/mol. The van der Waals surface area contributed by atoms with Crippen LogP contribution in [0.25, 0.3) is 0 Å². The summed E-state index contributed by atoms with van der Waals surface area (Å²) in [7, 11) is 0. The Hall–Kier alpha value is -3.23. The van der Waals surface area contributed by atoms with Gasteiger partial charge in [-0.25, -0.2) is 4.79 Å². The lowest BCUT2D eigenvalue weighted by Gasteiger charge is -2.14. The molecule has 29 heavy (non-hydrogen) atoms. The minimum Gasteiger partial charge on any atom is -0.479 e. The van der Waals surface area contributed by atoms with Crippen LogP contribution in [0.5, 0.6) is 17.2 Å². The Bertz CT molecular complexity index is 829. The van der Waals surface area contributed by atoms with Crippen molar-refractivity contribution in [1.29, 1.82) is 0 Å². The molecule has 2 aromatic rings. The molecule has 9 heteroatoms. The first-order valence-electron chi connectivity index (χ1n) is 8.57. The van der Waals surface area contributed by atoms with Crippen molar-refractivity contribution in [1.82, 2.24) is 0 Å². The lowest BCUT2D eigenvalue weighted by Crippen LogP contribution is -2.26. The van der Waals surface area contributed by atoms with E-state index in [4.69, 9.17) is 19.0 Å². The normalized spacial score (nSPS) is 11.9. The van der Waals surface area contributed by atoms with Crippen molar-refractivity contribution < 1.29 is 37.0 Å². The van der Waals surface area contributed by atoms with E-state index in [0.29, 0.717) is 17.2 Å². The third kappa shape index (κ3) is 7.36. The molecule has 0 aliphatic carbocycles. The number of nitrogens with zero attached hydrogens (tertiary/aromatic N) is 1. The van der Waals surface area contributed by atoms with E-state index in [1.807, 2.05) is 0 Å².